The quantitative estimate of drug-likeness (QED) is 0.844. The van der Waals surface area contributed by atoms with Gasteiger partial charge in [-0.2, -0.15) is 0 Å². The predicted molar refractivity (Wildman–Crippen MR) is 69.6 cm³/mol. The SMILES string of the molecule is OCC1CCCCC1CNc1ccc2nnnn2n1. The molecule has 1 fully saturated rings. The number of nitrogens with zero attached hydrogens (tertiary/aromatic N) is 5. The highest BCUT2D eigenvalue weighted by atomic mass is 16.3. The summed E-state index contributed by atoms with van der Waals surface area (Å²) < 4.78 is 1.41. The van der Waals surface area contributed by atoms with E-state index in [0.29, 0.717) is 17.5 Å². The van der Waals surface area contributed by atoms with E-state index in [9.17, 15) is 5.11 Å². The largest absolute Gasteiger partial charge is 0.396 e. The fourth-order valence-corrected chi connectivity index (χ4v) is 2.77. The molecular weight excluding hydrogens is 244 g/mol. The molecule has 0 radical (unpaired) electrons. The van der Waals surface area contributed by atoms with E-state index in [4.69, 9.17) is 0 Å². The molecule has 0 saturated heterocycles. The fraction of sp³-hybridized carbons (Fsp3) is 0.667. The van der Waals surface area contributed by atoms with Gasteiger partial charge in [-0.05, 0) is 47.2 Å². The van der Waals surface area contributed by atoms with Crippen LogP contribution in [0.25, 0.3) is 5.65 Å². The number of nitrogens with one attached hydrogen (secondary N) is 1. The van der Waals surface area contributed by atoms with Gasteiger partial charge in [-0.25, -0.2) is 0 Å². The first-order valence-corrected chi connectivity index (χ1v) is 6.77. The second-order valence-corrected chi connectivity index (χ2v) is 5.11. The van der Waals surface area contributed by atoms with Gasteiger partial charge in [-0.15, -0.1) is 14.8 Å². The van der Waals surface area contributed by atoms with E-state index < -0.39 is 0 Å². The molecule has 3 rings (SSSR count). The number of anilines is 1. The Labute approximate surface area is 111 Å². The van der Waals surface area contributed by atoms with E-state index in [1.807, 2.05) is 12.1 Å². The van der Waals surface area contributed by atoms with E-state index in [1.54, 1.807) is 0 Å². The van der Waals surface area contributed by atoms with Crippen molar-refractivity contribution in [3.8, 4) is 0 Å². The monoisotopic (exact) mass is 262 g/mol. The van der Waals surface area contributed by atoms with Gasteiger partial charge in [0, 0.05) is 13.2 Å². The second kappa shape index (κ2) is 5.48. The van der Waals surface area contributed by atoms with Crippen molar-refractivity contribution in [2.75, 3.05) is 18.5 Å². The second-order valence-electron chi connectivity index (χ2n) is 5.11. The third-order valence-corrected chi connectivity index (χ3v) is 3.92. The minimum absolute atomic E-state index is 0.284. The minimum Gasteiger partial charge on any atom is -0.396 e. The molecule has 102 valence electrons. The maximum Gasteiger partial charge on any atom is 0.200 e. The van der Waals surface area contributed by atoms with Crippen molar-refractivity contribution in [3.05, 3.63) is 12.1 Å². The van der Waals surface area contributed by atoms with Gasteiger partial charge in [0.05, 0.1) is 0 Å². The lowest BCUT2D eigenvalue weighted by Gasteiger charge is -2.30. The van der Waals surface area contributed by atoms with Crippen LogP contribution in [0, 0.1) is 11.8 Å². The molecule has 7 nitrogen and oxygen atoms in total. The van der Waals surface area contributed by atoms with Crippen molar-refractivity contribution < 1.29 is 5.11 Å². The molecule has 0 spiro atoms. The Morgan fingerprint density at radius 3 is 2.95 bits per heavy atom. The number of tetrazole rings is 1. The molecule has 19 heavy (non-hydrogen) atoms. The van der Waals surface area contributed by atoms with Crippen LogP contribution in [0.1, 0.15) is 25.7 Å². The first-order valence-electron chi connectivity index (χ1n) is 6.77. The molecular formula is C12H18N6O. The predicted octanol–water partition coefficient (Wildman–Crippen LogP) is 0.730. The zero-order chi connectivity index (χ0) is 13.1. The standard InChI is InChI=1S/C12H18N6O/c19-8-10-4-2-1-3-9(10)7-13-11-5-6-12-14-16-17-18(12)15-11/h5-6,9-10,19H,1-4,7-8H2,(H,13,15). The molecule has 0 bridgehead atoms. The molecule has 7 heteroatoms. The molecule has 2 aromatic rings. The van der Waals surface area contributed by atoms with Crippen molar-refractivity contribution in [1.29, 1.82) is 0 Å². The molecule has 2 N–H and O–H groups in total. The van der Waals surface area contributed by atoms with E-state index in [0.717, 1.165) is 18.8 Å². The highest BCUT2D eigenvalue weighted by Gasteiger charge is 2.24. The topological polar surface area (TPSA) is 88.2 Å². The Morgan fingerprint density at radius 2 is 2.11 bits per heavy atom. The number of hydrogen-bond donors (Lipinski definition) is 2. The van der Waals surface area contributed by atoms with Crippen LogP contribution in [-0.4, -0.2) is 43.5 Å². The molecule has 2 atom stereocenters. The Balaban J connectivity index is 1.64. The average Bonchev–Trinajstić information content (AvgIpc) is 2.93. The lowest BCUT2D eigenvalue weighted by molar-refractivity contribution is 0.141. The Kier molecular flexibility index (Phi) is 3.54. The van der Waals surface area contributed by atoms with Gasteiger partial charge in [0.15, 0.2) is 5.65 Å². The maximum atomic E-state index is 9.40. The number of hydrogen-bond acceptors (Lipinski definition) is 6. The summed E-state index contributed by atoms with van der Waals surface area (Å²) in [5, 5.41) is 28.1. The highest BCUT2D eigenvalue weighted by Crippen LogP contribution is 2.29. The van der Waals surface area contributed by atoms with Crippen LogP contribution in [0.5, 0.6) is 0 Å². The van der Waals surface area contributed by atoms with E-state index >= 15 is 0 Å². The lowest BCUT2D eigenvalue weighted by Crippen LogP contribution is -2.28. The summed E-state index contributed by atoms with van der Waals surface area (Å²) in [6.45, 7) is 1.12. The van der Waals surface area contributed by atoms with Gasteiger partial charge in [0.1, 0.15) is 5.82 Å². The van der Waals surface area contributed by atoms with Crippen molar-refractivity contribution in [3.63, 3.8) is 0 Å². The minimum atomic E-state index is 0.284. The summed E-state index contributed by atoms with van der Waals surface area (Å²) in [5.74, 6) is 1.70. The van der Waals surface area contributed by atoms with E-state index in [-0.39, 0.29) is 6.61 Å². The summed E-state index contributed by atoms with van der Waals surface area (Å²) >= 11 is 0. The molecule has 1 aliphatic carbocycles. The van der Waals surface area contributed by atoms with Crippen LogP contribution in [0.15, 0.2) is 12.1 Å². The summed E-state index contributed by atoms with van der Waals surface area (Å²) in [6, 6.07) is 3.71. The number of aliphatic hydroxyl groups excluding tert-OH is 1. The Bertz CT molecular complexity index is 542. The summed E-state index contributed by atoms with van der Waals surface area (Å²) in [6.07, 6.45) is 4.78. The zero-order valence-electron chi connectivity index (χ0n) is 10.7. The number of rotatable bonds is 4. The van der Waals surface area contributed by atoms with Crippen LogP contribution in [0.3, 0.4) is 0 Å². The summed E-state index contributed by atoms with van der Waals surface area (Å²) in [5.41, 5.74) is 0.636. The normalized spacial score (nSPS) is 23.6. The summed E-state index contributed by atoms with van der Waals surface area (Å²) in [7, 11) is 0. The Hall–Kier alpha value is -1.76. The molecule has 0 aromatic carbocycles. The van der Waals surface area contributed by atoms with Crippen molar-refractivity contribution in [1.82, 2.24) is 25.3 Å². The Morgan fingerprint density at radius 1 is 1.26 bits per heavy atom. The van der Waals surface area contributed by atoms with Gasteiger partial charge in [0.25, 0.3) is 0 Å². The first-order chi connectivity index (χ1) is 9.36. The summed E-state index contributed by atoms with van der Waals surface area (Å²) in [4.78, 5) is 0. The number of aromatic nitrogens is 5. The van der Waals surface area contributed by atoms with Crippen LogP contribution in [-0.2, 0) is 0 Å². The first kappa shape index (κ1) is 12.3. The fourth-order valence-electron chi connectivity index (χ4n) is 2.77. The molecule has 1 saturated carbocycles. The van der Waals surface area contributed by atoms with Gasteiger partial charge in [0.2, 0.25) is 0 Å². The zero-order valence-corrected chi connectivity index (χ0v) is 10.7. The van der Waals surface area contributed by atoms with Gasteiger partial charge < -0.3 is 10.4 Å². The van der Waals surface area contributed by atoms with Gasteiger partial charge in [-0.1, -0.05) is 12.8 Å². The van der Waals surface area contributed by atoms with E-state index in [1.165, 1.54) is 23.9 Å². The molecule has 1 aliphatic rings. The van der Waals surface area contributed by atoms with Gasteiger partial charge >= 0.3 is 0 Å². The van der Waals surface area contributed by atoms with Crippen molar-refractivity contribution >= 4 is 11.5 Å². The number of aliphatic hydroxyl groups is 1. The van der Waals surface area contributed by atoms with Crippen molar-refractivity contribution in [2.45, 2.75) is 25.7 Å². The van der Waals surface area contributed by atoms with Crippen LogP contribution in [0.4, 0.5) is 5.82 Å². The molecule has 0 aliphatic heterocycles. The lowest BCUT2D eigenvalue weighted by atomic mass is 9.79. The third kappa shape index (κ3) is 2.65. The van der Waals surface area contributed by atoms with Crippen molar-refractivity contribution in [2.24, 2.45) is 11.8 Å². The van der Waals surface area contributed by atoms with Crippen LogP contribution < -0.4 is 5.32 Å². The molecule has 2 aromatic heterocycles. The average molecular weight is 262 g/mol. The molecule has 2 heterocycles. The van der Waals surface area contributed by atoms with Gasteiger partial charge in [-0.3, -0.25) is 0 Å². The molecule has 0 amide bonds. The third-order valence-electron chi connectivity index (χ3n) is 3.92. The molecule has 2 unspecified atom stereocenters. The number of fused-ring (bicyclic) bond motifs is 1. The smallest absolute Gasteiger partial charge is 0.200 e. The van der Waals surface area contributed by atoms with Crippen LogP contribution >= 0.6 is 0 Å². The highest BCUT2D eigenvalue weighted by molar-refractivity contribution is 5.42. The van der Waals surface area contributed by atoms with Crippen LogP contribution in [0.2, 0.25) is 0 Å². The maximum absolute atomic E-state index is 9.40. The van der Waals surface area contributed by atoms with E-state index in [2.05, 4.69) is 25.9 Å².